The fraction of sp³-hybridized carbons (Fsp3) is 0.529. The molecule has 0 saturated carbocycles. The molecule has 5 nitrogen and oxygen atoms in total. The van der Waals surface area contributed by atoms with Gasteiger partial charge in [-0.15, -0.1) is 24.0 Å². The van der Waals surface area contributed by atoms with E-state index in [4.69, 9.17) is 0 Å². The minimum Gasteiger partial charge on any atom is -0.356 e. The lowest BCUT2D eigenvalue weighted by Crippen LogP contribution is -2.41. The van der Waals surface area contributed by atoms with Gasteiger partial charge < -0.3 is 16.0 Å². The fourth-order valence-electron chi connectivity index (χ4n) is 2.05. The summed E-state index contributed by atoms with van der Waals surface area (Å²) in [5.74, 6) is 0.358. The third-order valence-electron chi connectivity index (χ3n) is 3.37. The summed E-state index contributed by atoms with van der Waals surface area (Å²) in [7, 11) is 1.66. The molecule has 1 unspecified atom stereocenters. The molecule has 136 valence electrons. The van der Waals surface area contributed by atoms with Gasteiger partial charge in [0.25, 0.3) is 0 Å². The lowest BCUT2D eigenvalue weighted by Gasteiger charge is -2.18. The van der Waals surface area contributed by atoms with Crippen LogP contribution in [0.5, 0.6) is 0 Å². The highest BCUT2D eigenvalue weighted by Crippen LogP contribution is 2.16. The Morgan fingerprint density at radius 1 is 1.25 bits per heavy atom. The van der Waals surface area contributed by atoms with Gasteiger partial charge in [0.1, 0.15) is 5.82 Å². The molecular formula is C17H28FIN4O. The van der Waals surface area contributed by atoms with Gasteiger partial charge in [-0.1, -0.05) is 12.1 Å². The van der Waals surface area contributed by atoms with Gasteiger partial charge in [-0.05, 0) is 44.9 Å². The predicted octanol–water partition coefficient (Wildman–Crippen LogP) is 2.89. The molecule has 0 fully saturated rings. The zero-order valence-corrected chi connectivity index (χ0v) is 17.3. The SMILES string of the molecule is CN=C(NCCC(=O)NC(C)C)NC(C)c1ccc(C)c(F)c1.I. The Morgan fingerprint density at radius 2 is 1.92 bits per heavy atom. The van der Waals surface area contributed by atoms with Gasteiger partial charge >= 0.3 is 0 Å². The van der Waals surface area contributed by atoms with Gasteiger partial charge in [0.2, 0.25) is 5.91 Å². The number of benzene rings is 1. The number of aliphatic imine (C=N–C) groups is 1. The third kappa shape index (κ3) is 7.94. The van der Waals surface area contributed by atoms with E-state index in [2.05, 4.69) is 20.9 Å². The van der Waals surface area contributed by atoms with Crippen molar-refractivity contribution >= 4 is 35.8 Å². The second kappa shape index (κ2) is 11.2. The van der Waals surface area contributed by atoms with Crippen LogP contribution >= 0.6 is 24.0 Å². The van der Waals surface area contributed by atoms with Crippen LogP contribution in [0.1, 0.15) is 44.4 Å². The minimum atomic E-state index is -0.218. The van der Waals surface area contributed by atoms with Crippen LogP contribution in [0.25, 0.3) is 0 Å². The standard InChI is InChI=1S/C17H27FN4O.HI/c1-11(2)21-16(23)8-9-20-17(19-5)22-13(4)14-7-6-12(3)15(18)10-14;/h6-7,10-11,13H,8-9H2,1-5H3,(H,21,23)(H2,19,20,22);1H. The van der Waals surface area contributed by atoms with E-state index in [1.807, 2.05) is 26.8 Å². The van der Waals surface area contributed by atoms with E-state index in [1.54, 1.807) is 20.0 Å². The van der Waals surface area contributed by atoms with Gasteiger partial charge in [0.15, 0.2) is 5.96 Å². The smallest absolute Gasteiger partial charge is 0.221 e. The lowest BCUT2D eigenvalue weighted by molar-refractivity contribution is -0.121. The van der Waals surface area contributed by atoms with Gasteiger partial charge in [0, 0.05) is 26.1 Å². The number of aryl methyl sites for hydroxylation is 1. The van der Waals surface area contributed by atoms with E-state index in [0.29, 0.717) is 24.5 Å². The van der Waals surface area contributed by atoms with Crippen LogP contribution in [-0.2, 0) is 4.79 Å². The molecule has 1 rings (SSSR count). The number of nitrogens with one attached hydrogen (secondary N) is 3. The maximum absolute atomic E-state index is 13.6. The van der Waals surface area contributed by atoms with Crippen LogP contribution < -0.4 is 16.0 Å². The molecule has 1 aromatic carbocycles. The van der Waals surface area contributed by atoms with Crippen LogP contribution in [-0.4, -0.2) is 31.5 Å². The van der Waals surface area contributed by atoms with Crippen molar-refractivity contribution in [1.29, 1.82) is 0 Å². The number of rotatable bonds is 6. The zero-order valence-electron chi connectivity index (χ0n) is 14.9. The molecule has 7 heteroatoms. The molecule has 0 heterocycles. The molecule has 0 saturated heterocycles. The summed E-state index contributed by atoms with van der Waals surface area (Å²) >= 11 is 0. The monoisotopic (exact) mass is 450 g/mol. The zero-order chi connectivity index (χ0) is 17.4. The first kappa shape index (κ1) is 22.6. The molecule has 0 aliphatic rings. The number of carbonyl (C=O) groups is 1. The van der Waals surface area contributed by atoms with Crippen molar-refractivity contribution in [3.63, 3.8) is 0 Å². The number of halogens is 2. The number of carbonyl (C=O) groups excluding carboxylic acids is 1. The molecule has 0 radical (unpaired) electrons. The molecule has 0 aromatic heterocycles. The summed E-state index contributed by atoms with van der Waals surface area (Å²) in [5.41, 5.74) is 1.47. The molecule has 1 amide bonds. The number of hydrogen-bond acceptors (Lipinski definition) is 2. The van der Waals surface area contributed by atoms with Crippen molar-refractivity contribution in [2.75, 3.05) is 13.6 Å². The van der Waals surface area contributed by atoms with Crippen molar-refractivity contribution in [3.05, 3.63) is 35.1 Å². The number of guanidine groups is 1. The quantitative estimate of drug-likeness (QED) is 0.355. The van der Waals surface area contributed by atoms with E-state index in [-0.39, 0.29) is 47.8 Å². The Morgan fingerprint density at radius 3 is 2.46 bits per heavy atom. The summed E-state index contributed by atoms with van der Waals surface area (Å²) in [5, 5.41) is 9.10. The van der Waals surface area contributed by atoms with Gasteiger partial charge in [-0.3, -0.25) is 9.79 Å². The van der Waals surface area contributed by atoms with Gasteiger partial charge in [-0.25, -0.2) is 4.39 Å². The first-order valence-electron chi connectivity index (χ1n) is 7.86. The lowest BCUT2D eigenvalue weighted by atomic mass is 10.1. The molecule has 0 aliphatic heterocycles. The molecule has 3 N–H and O–H groups in total. The third-order valence-corrected chi connectivity index (χ3v) is 3.37. The van der Waals surface area contributed by atoms with E-state index < -0.39 is 0 Å². The maximum Gasteiger partial charge on any atom is 0.221 e. The number of hydrogen-bond donors (Lipinski definition) is 3. The van der Waals surface area contributed by atoms with Crippen LogP contribution in [0.2, 0.25) is 0 Å². The van der Waals surface area contributed by atoms with Crippen molar-refractivity contribution in [2.45, 2.75) is 46.2 Å². The van der Waals surface area contributed by atoms with Crippen molar-refractivity contribution in [3.8, 4) is 0 Å². The first-order chi connectivity index (χ1) is 10.8. The fourth-order valence-corrected chi connectivity index (χ4v) is 2.05. The average Bonchev–Trinajstić information content (AvgIpc) is 2.48. The van der Waals surface area contributed by atoms with E-state index >= 15 is 0 Å². The van der Waals surface area contributed by atoms with Crippen molar-refractivity contribution in [1.82, 2.24) is 16.0 Å². The summed E-state index contributed by atoms with van der Waals surface area (Å²) in [4.78, 5) is 15.7. The van der Waals surface area contributed by atoms with Crippen molar-refractivity contribution in [2.24, 2.45) is 4.99 Å². The van der Waals surface area contributed by atoms with E-state index in [0.717, 1.165) is 5.56 Å². The topological polar surface area (TPSA) is 65.5 Å². The highest BCUT2D eigenvalue weighted by Gasteiger charge is 2.10. The Hall–Kier alpha value is -1.38. The molecular weight excluding hydrogens is 422 g/mol. The molecule has 0 aliphatic carbocycles. The normalized spacial score (nSPS) is 12.4. The molecule has 24 heavy (non-hydrogen) atoms. The number of nitrogens with zero attached hydrogens (tertiary/aromatic N) is 1. The van der Waals surface area contributed by atoms with E-state index in [1.165, 1.54) is 6.07 Å². The average molecular weight is 450 g/mol. The largest absolute Gasteiger partial charge is 0.356 e. The summed E-state index contributed by atoms with van der Waals surface area (Å²) in [6.07, 6.45) is 0.367. The van der Waals surface area contributed by atoms with E-state index in [9.17, 15) is 9.18 Å². The van der Waals surface area contributed by atoms with Crippen LogP contribution in [0.3, 0.4) is 0 Å². The summed E-state index contributed by atoms with van der Waals surface area (Å²) in [6, 6.07) is 5.21. The van der Waals surface area contributed by atoms with Gasteiger partial charge in [0.05, 0.1) is 6.04 Å². The molecule has 0 bridgehead atoms. The Bertz CT molecular complexity index is 564. The highest BCUT2D eigenvalue weighted by molar-refractivity contribution is 14.0. The Balaban J connectivity index is 0.00000529. The Kier molecular flexibility index (Phi) is 10.6. The van der Waals surface area contributed by atoms with Crippen LogP contribution in [0.15, 0.2) is 23.2 Å². The second-order valence-corrected chi connectivity index (χ2v) is 5.85. The van der Waals surface area contributed by atoms with Gasteiger partial charge in [-0.2, -0.15) is 0 Å². The molecule has 1 aromatic rings. The second-order valence-electron chi connectivity index (χ2n) is 5.85. The van der Waals surface area contributed by atoms with Crippen LogP contribution in [0.4, 0.5) is 4.39 Å². The Labute approximate surface area is 160 Å². The first-order valence-corrected chi connectivity index (χ1v) is 7.86. The molecule has 1 atom stereocenters. The highest BCUT2D eigenvalue weighted by atomic mass is 127. The number of amides is 1. The summed E-state index contributed by atoms with van der Waals surface area (Å²) < 4.78 is 13.6. The maximum atomic E-state index is 13.6. The minimum absolute atomic E-state index is 0. The molecule has 0 spiro atoms. The summed E-state index contributed by atoms with van der Waals surface area (Å²) in [6.45, 7) is 8.00. The van der Waals surface area contributed by atoms with Crippen molar-refractivity contribution < 1.29 is 9.18 Å². The van der Waals surface area contributed by atoms with Crippen LogP contribution in [0, 0.1) is 12.7 Å². The predicted molar refractivity (Wildman–Crippen MR) is 107 cm³/mol.